The standard InChI is InChI=1S/C14H19ClN2O3/c15-11-2-1-3-12(8-11)20-7-6-16-13(19)17-9-14(10-18)4-5-14/h1-3,8,18H,4-7,9-10H2,(H2,16,17,19). The van der Waals surface area contributed by atoms with Crippen LogP contribution in [0.2, 0.25) is 5.02 Å². The van der Waals surface area contributed by atoms with Crippen LogP contribution < -0.4 is 15.4 Å². The van der Waals surface area contributed by atoms with Crippen LogP contribution in [0.4, 0.5) is 4.79 Å². The van der Waals surface area contributed by atoms with Gasteiger partial charge in [-0.05, 0) is 31.0 Å². The minimum Gasteiger partial charge on any atom is -0.492 e. The number of hydrogen-bond donors (Lipinski definition) is 3. The van der Waals surface area contributed by atoms with Gasteiger partial charge in [0.15, 0.2) is 0 Å². The third-order valence-electron chi connectivity index (χ3n) is 3.37. The number of rotatable bonds is 7. The summed E-state index contributed by atoms with van der Waals surface area (Å²) >= 11 is 5.83. The highest BCUT2D eigenvalue weighted by Gasteiger charge is 2.41. The Morgan fingerprint density at radius 1 is 1.40 bits per heavy atom. The lowest BCUT2D eigenvalue weighted by Crippen LogP contribution is -2.41. The molecular formula is C14H19ClN2O3. The Balaban J connectivity index is 1.57. The molecule has 1 saturated carbocycles. The second-order valence-electron chi connectivity index (χ2n) is 5.07. The van der Waals surface area contributed by atoms with Gasteiger partial charge in [-0.25, -0.2) is 4.79 Å². The van der Waals surface area contributed by atoms with E-state index in [0.717, 1.165) is 12.8 Å². The number of nitrogens with one attached hydrogen (secondary N) is 2. The third-order valence-corrected chi connectivity index (χ3v) is 3.60. The van der Waals surface area contributed by atoms with E-state index in [1.165, 1.54) is 0 Å². The zero-order valence-electron chi connectivity index (χ0n) is 11.2. The maximum Gasteiger partial charge on any atom is 0.314 e. The normalized spacial score (nSPS) is 15.5. The molecule has 3 N–H and O–H groups in total. The van der Waals surface area contributed by atoms with E-state index in [4.69, 9.17) is 21.4 Å². The highest BCUT2D eigenvalue weighted by atomic mass is 35.5. The van der Waals surface area contributed by atoms with Crippen molar-refractivity contribution in [2.45, 2.75) is 12.8 Å². The number of carbonyl (C=O) groups excluding carboxylic acids is 1. The summed E-state index contributed by atoms with van der Waals surface area (Å²) in [5.74, 6) is 0.678. The van der Waals surface area contributed by atoms with Gasteiger partial charge in [0.25, 0.3) is 0 Å². The van der Waals surface area contributed by atoms with Gasteiger partial charge in [0, 0.05) is 17.0 Å². The number of benzene rings is 1. The van der Waals surface area contributed by atoms with Crippen LogP contribution in [0.25, 0.3) is 0 Å². The molecule has 5 nitrogen and oxygen atoms in total. The monoisotopic (exact) mass is 298 g/mol. The SMILES string of the molecule is O=C(NCCOc1cccc(Cl)c1)NCC1(CO)CC1. The van der Waals surface area contributed by atoms with Gasteiger partial charge in [-0.3, -0.25) is 0 Å². The first-order chi connectivity index (χ1) is 9.63. The van der Waals surface area contributed by atoms with E-state index in [-0.39, 0.29) is 18.1 Å². The fraction of sp³-hybridized carbons (Fsp3) is 0.500. The van der Waals surface area contributed by atoms with Gasteiger partial charge in [-0.2, -0.15) is 0 Å². The van der Waals surface area contributed by atoms with Gasteiger partial charge >= 0.3 is 6.03 Å². The van der Waals surface area contributed by atoms with Crippen LogP contribution in [0.15, 0.2) is 24.3 Å². The zero-order valence-corrected chi connectivity index (χ0v) is 11.9. The van der Waals surface area contributed by atoms with E-state index < -0.39 is 0 Å². The summed E-state index contributed by atoms with van der Waals surface area (Å²) < 4.78 is 5.45. The van der Waals surface area contributed by atoms with E-state index in [1.807, 2.05) is 12.1 Å². The number of halogens is 1. The molecule has 0 bridgehead atoms. The fourth-order valence-electron chi connectivity index (χ4n) is 1.79. The van der Waals surface area contributed by atoms with E-state index in [0.29, 0.717) is 30.5 Å². The summed E-state index contributed by atoms with van der Waals surface area (Å²) in [6, 6.07) is 6.87. The number of aliphatic hydroxyl groups is 1. The summed E-state index contributed by atoms with van der Waals surface area (Å²) in [7, 11) is 0. The molecular weight excluding hydrogens is 280 g/mol. The minimum atomic E-state index is -0.237. The molecule has 0 spiro atoms. The van der Waals surface area contributed by atoms with E-state index in [1.54, 1.807) is 12.1 Å². The highest BCUT2D eigenvalue weighted by molar-refractivity contribution is 6.30. The predicted molar refractivity (Wildman–Crippen MR) is 77.1 cm³/mol. The van der Waals surface area contributed by atoms with E-state index >= 15 is 0 Å². The maximum atomic E-state index is 11.5. The van der Waals surface area contributed by atoms with Crippen molar-refractivity contribution in [2.24, 2.45) is 5.41 Å². The van der Waals surface area contributed by atoms with Crippen molar-refractivity contribution in [1.29, 1.82) is 0 Å². The summed E-state index contributed by atoms with van der Waals surface area (Å²) in [6.07, 6.45) is 1.95. The maximum absolute atomic E-state index is 11.5. The van der Waals surface area contributed by atoms with Crippen LogP contribution in [0.5, 0.6) is 5.75 Å². The molecule has 1 aliphatic rings. The molecule has 2 amide bonds. The topological polar surface area (TPSA) is 70.6 Å². The molecule has 0 aliphatic heterocycles. The molecule has 1 aliphatic carbocycles. The molecule has 0 atom stereocenters. The second kappa shape index (κ2) is 6.81. The van der Waals surface area contributed by atoms with Crippen LogP contribution in [-0.2, 0) is 0 Å². The molecule has 110 valence electrons. The Morgan fingerprint density at radius 2 is 2.20 bits per heavy atom. The summed E-state index contributed by atoms with van der Waals surface area (Å²) in [5, 5.41) is 15.2. The van der Waals surface area contributed by atoms with Crippen LogP contribution in [0, 0.1) is 5.41 Å². The average Bonchev–Trinajstić information content (AvgIpc) is 3.22. The van der Waals surface area contributed by atoms with Crippen molar-refractivity contribution in [1.82, 2.24) is 10.6 Å². The molecule has 0 saturated heterocycles. The molecule has 20 heavy (non-hydrogen) atoms. The summed E-state index contributed by atoms with van der Waals surface area (Å²) in [5.41, 5.74) is -0.0748. The largest absolute Gasteiger partial charge is 0.492 e. The predicted octanol–water partition coefficient (Wildman–Crippen LogP) is 1.79. The number of ether oxygens (including phenoxy) is 1. The van der Waals surface area contributed by atoms with Gasteiger partial charge in [0.2, 0.25) is 0 Å². The fourth-order valence-corrected chi connectivity index (χ4v) is 1.97. The number of hydrogen-bond acceptors (Lipinski definition) is 3. The number of carbonyl (C=O) groups is 1. The lowest BCUT2D eigenvalue weighted by atomic mass is 10.1. The van der Waals surface area contributed by atoms with Crippen LogP contribution >= 0.6 is 11.6 Å². The molecule has 1 aromatic carbocycles. The first-order valence-electron chi connectivity index (χ1n) is 6.64. The minimum absolute atomic E-state index is 0.0748. The Labute approximate surface area is 123 Å². The Hall–Kier alpha value is -1.46. The first-order valence-corrected chi connectivity index (χ1v) is 7.02. The molecule has 0 radical (unpaired) electrons. The molecule has 6 heteroatoms. The van der Waals surface area contributed by atoms with E-state index in [9.17, 15) is 4.79 Å². The summed E-state index contributed by atoms with van der Waals surface area (Å²) in [6.45, 7) is 1.43. The number of urea groups is 1. The summed E-state index contributed by atoms with van der Waals surface area (Å²) in [4.78, 5) is 11.5. The van der Waals surface area contributed by atoms with Gasteiger partial charge in [0.05, 0.1) is 13.2 Å². The smallest absolute Gasteiger partial charge is 0.314 e. The van der Waals surface area contributed by atoms with Crippen molar-refractivity contribution < 1.29 is 14.6 Å². The first kappa shape index (κ1) is 14.9. The van der Waals surface area contributed by atoms with Crippen molar-refractivity contribution in [3.8, 4) is 5.75 Å². The molecule has 2 rings (SSSR count). The van der Waals surface area contributed by atoms with Crippen LogP contribution in [0.1, 0.15) is 12.8 Å². The van der Waals surface area contributed by atoms with Crippen LogP contribution in [-0.4, -0.2) is 37.4 Å². The second-order valence-corrected chi connectivity index (χ2v) is 5.51. The molecule has 1 fully saturated rings. The van der Waals surface area contributed by atoms with Gasteiger partial charge in [-0.1, -0.05) is 17.7 Å². The quantitative estimate of drug-likeness (QED) is 0.672. The van der Waals surface area contributed by atoms with Crippen molar-refractivity contribution in [2.75, 3.05) is 26.3 Å². The van der Waals surface area contributed by atoms with Crippen LogP contribution in [0.3, 0.4) is 0 Å². The van der Waals surface area contributed by atoms with E-state index in [2.05, 4.69) is 10.6 Å². The molecule has 0 unspecified atom stereocenters. The lowest BCUT2D eigenvalue weighted by molar-refractivity contribution is 0.202. The van der Waals surface area contributed by atoms with Gasteiger partial charge < -0.3 is 20.5 Å². The highest BCUT2D eigenvalue weighted by Crippen LogP contribution is 2.44. The van der Waals surface area contributed by atoms with Crippen molar-refractivity contribution in [3.05, 3.63) is 29.3 Å². The zero-order chi connectivity index (χ0) is 14.4. The van der Waals surface area contributed by atoms with Crippen molar-refractivity contribution >= 4 is 17.6 Å². The molecule has 0 heterocycles. The van der Waals surface area contributed by atoms with Gasteiger partial charge in [-0.15, -0.1) is 0 Å². The Bertz CT molecular complexity index is 463. The average molecular weight is 299 g/mol. The van der Waals surface area contributed by atoms with Gasteiger partial charge in [0.1, 0.15) is 12.4 Å². The van der Waals surface area contributed by atoms with Crippen molar-refractivity contribution in [3.63, 3.8) is 0 Å². The molecule has 0 aromatic heterocycles. The number of amides is 2. The Kier molecular flexibility index (Phi) is 5.09. The number of aliphatic hydroxyl groups excluding tert-OH is 1. The Morgan fingerprint density at radius 3 is 2.85 bits per heavy atom. The third kappa shape index (κ3) is 4.58. The lowest BCUT2D eigenvalue weighted by Gasteiger charge is -2.13. The molecule has 1 aromatic rings.